The Balaban J connectivity index is 1.98. The maximum Gasteiger partial charge on any atom is 0.108 e. The normalized spacial score (nSPS) is 17.3. The minimum atomic E-state index is 0.365. The average Bonchev–Trinajstić information content (AvgIpc) is 3.04. The Kier molecular flexibility index (Phi) is 4.57. The number of rotatable bonds is 8. The molecule has 4 heteroatoms. The Morgan fingerprint density at radius 1 is 1.59 bits per heavy atom. The maximum atomic E-state index is 5.33. The third-order valence-corrected chi connectivity index (χ3v) is 3.19. The number of hydrogen-bond acceptors (Lipinski definition) is 3. The van der Waals surface area contributed by atoms with Gasteiger partial charge in [0.15, 0.2) is 0 Å². The van der Waals surface area contributed by atoms with Gasteiger partial charge in [0.25, 0.3) is 0 Å². The van der Waals surface area contributed by atoms with Crippen molar-refractivity contribution < 1.29 is 4.74 Å². The molecule has 17 heavy (non-hydrogen) atoms. The van der Waals surface area contributed by atoms with Crippen LogP contribution in [0.2, 0.25) is 0 Å². The van der Waals surface area contributed by atoms with Crippen LogP contribution < -0.4 is 5.32 Å². The fourth-order valence-electron chi connectivity index (χ4n) is 2.11. The first kappa shape index (κ1) is 12.6. The van der Waals surface area contributed by atoms with Gasteiger partial charge in [0.1, 0.15) is 5.82 Å². The summed E-state index contributed by atoms with van der Waals surface area (Å²) in [7, 11) is 1.76. The van der Waals surface area contributed by atoms with Crippen LogP contribution in [0.1, 0.15) is 38.1 Å². The van der Waals surface area contributed by atoms with Gasteiger partial charge in [0, 0.05) is 38.5 Å². The molecule has 1 aliphatic rings. The average molecular weight is 237 g/mol. The number of nitrogens with one attached hydrogen (secondary N) is 1. The molecule has 1 saturated carbocycles. The lowest BCUT2D eigenvalue weighted by molar-refractivity contribution is 0.152. The van der Waals surface area contributed by atoms with Gasteiger partial charge in [-0.25, -0.2) is 4.98 Å². The number of methoxy groups -OCH3 is 1. The van der Waals surface area contributed by atoms with E-state index in [1.165, 1.54) is 18.7 Å². The molecule has 1 N–H and O–H groups in total. The van der Waals surface area contributed by atoms with Crippen molar-refractivity contribution in [2.24, 2.45) is 0 Å². The molecular formula is C13H23N3O. The molecule has 2 rings (SSSR count). The van der Waals surface area contributed by atoms with Crippen LogP contribution >= 0.6 is 0 Å². The van der Waals surface area contributed by atoms with Gasteiger partial charge in [-0.1, -0.05) is 6.92 Å². The summed E-state index contributed by atoms with van der Waals surface area (Å²) in [6, 6.07) is 1.11. The van der Waals surface area contributed by atoms with E-state index in [1.54, 1.807) is 7.11 Å². The highest BCUT2D eigenvalue weighted by atomic mass is 16.5. The SMILES string of the molecule is CCCc1nccn1C(CNC1CC1)COC. The molecule has 4 nitrogen and oxygen atoms in total. The van der Waals surface area contributed by atoms with Crippen molar-refractivity contribution in [1.82, 2.24) is 14.9 Å². The van der Waals surface area contributed by atoms with Gasteiger partial charge in [0.2, 0.25) is 0 Å². The first-order valence-electron chi connectivity index (χ1n) is 6.59. The van der Waals surface area contributed by atoms with E-state index in [2.05, 4.69) is 28.0 Å². The van der Waals surface area contributed by atoms with Crippen molar-refractivity contribution in [3.63, 3.8) is 0 Å². The van der Waals surface area contributed by atoms with Crippen LogP contribution in [-0.2, 0) is 11.2 Å². The van der Waals surface area contributed by atoms with E-state index in [9.17, 15) is 0 Å². The largest absolute Gasteiger partial charge is 0.382 e. The second-order valence-electron chi connectivity index (χ2n) is 4.79. The standard InChI is InChI=1S/C13H23N3O/c1-3-4-13-14-7-8-16(13)12(10-17-2)9-15-11-5-6-11/h7-8,11-12,15H,3-6,9-10H2,1-2H3. The van der Waals surface area contributed by atoms with E-state index in [-0.39, 0.29) is 0 Å². The number of imidazole rings is 1. The van der Waals surface area contributed by atoms with Crippen molar-refractivity contribution in [3.05, 3.63) is 18.2 Å². The fraction of sp³-hybridized carbons (Fsp3) is 0.769. The first-order valence-corrected chi connectivity index (χ1v) is 6.59. The molecule has 96 valence electrons. The topological polar surface area (TPSA) is 39.1 Å². The molecular weight excluding hydrogens is 214 g/mol. The molecule has 0 bridgehead atoms. The zero-order valence-corrected chi connectivity index (χ0v) is 10.9. The summed E-state index contributed by atoms with van der Waals surface area (Å²) in [6.45, 7) is 3.91. The van der Waals surface area contributed by atoms with Crippen molar-refractivity contribution >= 4 is 0 Å². The molecule has 0 saturated heterocycles. The summed E-state index contributed by atoms with van der Waals surface area (Å²) in [5.41, 5.74) is 0. The molecule has 1 unspecified atom stereocenters. The smallest absolute Gasteiger partial charge is 0.108 e. The zero-order valence-electron chi connectivity index (χ0n) is 10.9. The molecule has 0 amide bonds. The van der Waals surface area contributed by atoms with Gasteiger partial charge < -0.3 is 14.6 Å². The van der Waals surface area contributed by atoms with Crippen LogP contribution in [0.4, 0.5) is 0 Å². The third kappa shape index (κ3) is 3.54. The lowest BCUT2D eigenvalue weighted by Crippen LogP contribution is -2.30. The predicted molar refractivity (Wildman–Crippen MR) is 68.2 cm³/mol. The van der Waals surface area contributed by atoms with Crippen LogP contribution in [0.15, 0.2) is 12.4 Å². The lowest BCUT2D eigenvalue weighted by Gasteiger charge is -2.20. The van der Waals surface area contributed by atoms with Crippen molar-refractivity contribution in [2.75, 3.05) is 20.3 Å². The van der Waals surface area contributed by atoms with E-state index in [4.69, 9.17) is 4.74 Å². The van der Waals surface area contributed by atoms with Gasteiger partial charge in [-0.15, -0.1) is 0 Å². The second-order valence-corrected chi connectivity index (χ2v) is 4.79. The molecule has 1 aromatic rings. The molecule has 1 aromatic heterocycles. The van der Waals surface area contributed by atoms with Crippen molar-refractivity contribution in [2.45, 2.75) is 44.7 Å². The molecule has 1 heterocycles. The minimum absolute atomic E-state index is 0.365. The van der Waals surface area contributed by atoms with Gasteiger partial charge >= 0.3 is 0 Å². The molecule has 1 aliphatic carbocycles. The summed E-state index contributed by atoms with van der Waals surface area (Å²) >= 11 is 0. The number of hydrogen-bond donors (Lipinski definition) is 1. The maximum absolute atomic E-state index is 5.33. The lowest BCUT2D eigenvalue weighted by atomic mass is 10.2. The summed E-state index contributed by atoms with van der Waals surface area (Å²) in [6.07, 6.45) is 8.79. The zero-order chi connectivity index (χ0) is 12.1. The van der Waals surface area contributed by atoms with Crippen LogP contribution in [0.25, 0.3) is 0 Å². The second kappa shape index (κ2) is 6.17. The van der Waals surface area contributed by atoms with Gasteiger partial charge in [0.05, 0.1) is 12.6 Å². The highest BCUT2D eigenvalue weighted by molar-refractivity contribution is 4.96. The number of ether oxygens (including phenoxy) is 1. The van der Waals surface area contributed by atoms with Crippen LogP contribution in [0.5, 0.6) is 0 Å². The third-order valence-electron chi connectivity index (χ3n) is 3.19. The molecule has 1 atom stereocenters. The Labute approximate surface area is 103 Å². The van der Waals surface area contributed by atoms with Crippen molar-refractivity contribution in [3.8, 4) is 0 Å². The Bertz CT molecular complexity index is 333. The minimum Gasteiger partial charge on any atom is -0.382 e. The van der Waals surface area contributed by atoms with E-state index in [0.717, 1.165) is 32.0 Å². The number of aryl methyl sites for hydroxylation is 1. The van der Waals surface area contributed by atoms with Crippen LogP contribution in [0, 0.1) is 0 Å². The van der Waals surface area contributed by atoms with E-state index >= 15 is 0 Å². The molecule has 0 aliphatic heterocycles. The summed E-state index contributed by atoms with van der Waals surface area (Å²) in [4.78, 5) is 4.43. The fourth-order valence-corrected chi connectivity index (χ4v) is 2.11. The Morgan fingerprint density at radius 2 is 2.41 bits per heavy atom. The Hall–Kier alpha value is -0.870. The van der Waals surface area contributed by atoms with E-state index in [0.29, 0.717) is 6.04 Å². The highest BCUT2D eigenvalue weighted by Crippen LogP contribution is 2.20. The molecule has 1 fully saturated rings. The predicted octanol–water partition coefficient (Wildman–Crippen LogP) is 1.78. The monoisotopic (exact) mass is 237 g/mol. The quantitative estimate of drug-likeness (QED) is 0.749. The summed E-state index contributed by atoms with van der Waals surface area (Å²) in [5.74, 6) is 1.17. The van der Waals surface area contributed by atoms with Crippen molar-refractivity contribution in [1.29, 1.82) is 0 Å². The molecule has 0 aromatic carbocycles. The number of nitrogens with zero attached hydrogens (tertiary/aromatic N) is 2. The van der Waals surface area contributed by atoms with E-state index in [1.807, 2.05) is 6.20 Å². The highest BCUT2D eigenvalue weighted by Gasteiger charge is 2.23. The van der Waals surface area contributed by atoms with Gasteiger partial charge in [-0.05, 0) is 19.3 Å². The van der Waals surface area contributed by atoms with E-state index < -0.39 is 0 Å². The Morgan fingerprint density at radius 3 is 3.06 bits per heavy atom. The molecule has 0 spiro atoms. The summed E-state index contributed by atoms with van der Waals surface area (Å²) < 4.78 is 7.59. The van der Waals surface area contributed by atoms with Gasteiger partial charge in [-0.2, -0.15) is 0 Å². The number of aromatic nitrogens is 2. The summed E-state index contributed by atoms with van der Waals surface area (Å²) in [5, 5.41) is 3.57. The van der Waals surface area contributed by atoms with Crippen LogP contribution in [-0.4, -0.2) is 35.9 Å². The first-order chi connectivity index (χ1) is 8.35. The molecule has 0 radical (unpaired) electrons. The van der Waals surface area contributed by atoms with Gasteiger partial charge in [-0.3, -0.25) is 0 Å². The van der Waals surface area contributed by atoms with Crippen LogP contribution in [0.3, 0.4) is 0 Å².